The number of nitrogens with zero attached hydrogens (tertiary/aromatic N) is 3. The van der Waals surface area contributed by atoms with Crippen molar-refractivity contribution in [1.82, 2.24) is 14.7 Å². The molecule has 0 unspecified atom stereocenters. The predicted octanol–water partition coefficient (Wildman–Crippen LogP) is 1.93. The number of carbonyl (C=O) groups is 1. The fraction of sp³-hybridized carbons (Fsp3) is 0.667. The van der Waals surface area contributed by atoms with Crippen LogP contribution in [0.4, 0.5) is 4.79 Å². The molecule has 3 aliphatic heterocycles. The van der Waals surface area contributed by atoms with Gasteiger partial charge in [-0.2, -0.15) is 0 Å². The number of sulfone groups is 1. The van der Waals surface area contributed by atoms with Gasteiger partial charge in [0.2, 0.25) is 0 Å². The minimum absolute atomic E-state index is 0.0511. The van der Waals surface area contributed by atoms with Crippen molar-refractivity contribution in [3.63, 3.8) is 0 Å². The van der Waals surface area contributed by atoms with Crippen molar-refractivity contribution in [2.75, 3.05) is 52.1 Å². The van der Waals surface area contributed by atoms with Crippen LogP contribution >= 0.6 is 0 Å². The molecule has 8 heteroatoms. The SMILES string of the molecule is C[C@@H](c1ccc2c(c1)OCC2)N1CCN(C(=O)N2CCC(S(C)(=O)=O)CC2)CC1. The molecule has 29 heavy (non-hydrogen) atoms. The van der Waals surface area contributed by atoms with Gasteiger partial charge in [0.05, 0.1) is 11.9 Å². The van der Waals surface area contributed by atoms with Gasteiger partial charge in [-0.3, -0.25) is 4.90 Å². The lowest BCUT2D eigenvalue weighted by Gasteiger charge is -2.41. The molecule has 7 nitrogen and oxygen atoms in total. The Balaban J connectivity index is 1.29. The number of ether oxygens (including phenoxy) is 1. The maximum atomic E-state index is 12.9. The number of carbonyl (C=O) groups excluding carboxylic acids is 1. The summed E-state index contributed by atoms with van der Waals surface area (Å²) in [4.78, 5) is 19.0. The Bertz CT molecular complexity index is 857. The van der Waals surface area contributed by atoms with Crippen molar-refractivity contribution in [2.24, 2.45) is 0 Å². The number of urea groups is 1. The summed E-state index contributed by atoms with van der Waals surface area (Å²) in [6.07, 6.45) is 3.37. The molecule has 2 amide bonds. The van der Waals surface area contributed by atoms with Gasteiger partial charge in [-0.15, -0.1) is 0 Å². The molecule has 2 fully saturated rings. The summed E-state index contributed by atoms with van der Waals surface area (Å²) < 4.78 is 29.1. The minimum Gasteiger partial charge on any atom is -0.493 e. The Morgan fingerprint density at radius 1 is 1.07 bits per heavy atom. The third-order valence-electron chi connectivity index (χ3n) is 6.65. The molecule has 4 rings (SSSR count). The molecule has 0 spiro atoms. The van der Waals surface area contributed by atoms with Gasteiger partial charge in [0.15, 0.2) is 0 Å². The van der Waals surface area contributed by atoms with Crippen LogP contribution in [0.2, 0.25) is 0 Å². The van der Waals surface area contributed by atoms with E-state index in [0.717, 1.165) is 31.9 Å². The van der Waals surface area contributed by atoms with Gasteiger partial charge in [0.25, 0.3) is 0 Å². The molecule has 3 heterocycles. The summed E-state index contributed by atoms with van der Waals surface area (Å²) in [5, 5.41) is -0.305. The number of hydrogen-bond donors (Lipinski definition) is 0. The standard InChI is InChI=1S/C21H31N3O4S/c1-16(18-4-3-17-7-14-28-20(17)15-18)22-10-12-24(13-11-22)21(25)23-8-5-19(6-9-23)29(2,26)27/h3-4,15-16,19H,5-14H2,1-2H3/t16-/m0/s1. The molecule has 160 valence electrons. The lowest BCUT2D eigenvalue weighted by Crippen LogP contribution is -2.54. The molecule has 0 radical (unpaired) electrons. The third-order valence-corrected chi connectivity index (χ3v) is 8.34. The van der Waals surface area contributed by atoms with E-state index in [4.69, 9.17) is 4.74 Å². The molecule has 0 bridgehead atoms. The average Bonchev–Trinajstić information content (AvgIpc) is 3.20. The van der Waals surface area contributed by atoms with E-state index in [-0.39, 0.29) is 17.3 Å². The molecule has 2 saturated heterocycles. The summed E-state index contributed by atoms with van der Waals surface area (Å²) in [5.41, 5.74) is 2.55. The molecule has 1 atom stereocenters. The van der Waals surface area contributed by atoms with Gasteiger partial charge in [-0.25, -0.2) is 13.2 Å². The fourth-order valence-electron chi connectivity index (χ4n) is 4.63. The van der Waals surface area contributed by atoms with Crippen molar-refractivity contribution in [2.45, 2.75) is 37.5 Å². The van der Waals surface area contributed by atoms with Gasteiger partial charge < -0.3 is 14.5 Å². The van der Waals surface area contributed by atoms with Crippen LogP contribution in [0.3, 0.4) is 0 Å². The fourth-order valence-corrected chi connectivity index (χ4v) is 5.70. The summed E-state index contributed by atoms with van der Waals surface area (Å²) in [6.45, 7) is 7.13. The zero-order valence-electron chi connectivity index (χ0n) is 17.3. The van der Waals surface area contributed by atoms with Crippen molar-refractivity contribution in [3.8, 4) is 5.75 Å². The lowest BCUT2D eigenvalue weighted by atomic mass is 10.0. The zero-order chi connectivity index (χ0) is 20.6. The Morgan fingerprint density at radius 3 is 2.38 bits per heavy atom. The average molecular weight is 422 g/mol. The van der Waals surface area contributed by atoms with Crippen LogP contribution in [0.15, 0.2) is 18.2 Å². The number of fused-ring (bicyclic) bond motifs is 1. The highest BCUT2D eigenvalue weighted by Crippen LogP contribution is 2.31. The molecular formula is C21H31N3O4S. The molecular weight excluding hydrogens is 390 g/mol. The Labute approximate surface area is 173 Å². The molecule has 0 aromatic heterocycles. The van der Waals surface area contributed by atoms with Gasteiger partial charge in [-0.05, 0) is 37.0 Å². The van der Waals surface area contributed by atoms with E-state index in [0.29, 0.717) is 39.0 Å². The van der Waals surface area contributed by atoms with E-state index in [1.54, 1.807) is 0 Å². The monoisotopic (exact) mass is 421 g/mol. The highest BCUT2D eigenvalue weighted by molar-refractivity contribution is 7.91. The van der Waals surface area contributed by atoms with Crippen LogP contribution in [-0.2, 0) is 16.3 Å². The van der Waals surface area contributed by atoms with E-state index in [2.05, 4.69) is 30.0 Å². The number of benzene rings is 1. The van der Waals surface area contributed by atoms with Gasteiger partial charge >= 0.3 is 6.03 Å². The quantitative estimate of drug-likeness (QED) is 0.746. The van der Waals surface area contributed by atoms with Crippen molar-refractivity contribution in [1.29, 1.82) is 0 Å². The van der Waals surface area contributed by atoms with Crippen LogP contribution in [0.5, 0.6) is 5.75 Å². The number of piperidine rings is 1. The third kappa shape index (κ3) is 4.38. The first-order valence-corrected chi connectivity index (χ1v) is 12.5. The zero-order valence-corrected chi connectivity index (χ0v) is 18.2. The minimum atomic E-state index is -3.01. The second kappa shape index (κ2) is 8.14. The van der Waals surface area contributed by atoms with E-state index >= 15 is 0 Å². The molecule has 0 saturated carbocycles. The molecule has 3 aliphatic rings. The second-order valence-corrected chi connectivity index (χ2v) is 10.8. The summed E-state index contributed by atoms with van der Waals surface area (Å²) in [5.74, 6) is 1.01. The van der Waals surface area contributed by atoms with E-state index in [1.807, 2.05) is 9.80 Å². The van der Waals surface area contributed by atoms with Gasteiger partial charge in [0, 0.05) is 58.0 Å². The number of hydrogen-bond acceptors (Lipinski definition) is 5. The largest absolute Gasteiger partial charge is 0.493 e. The van der Waals surface area contributed by atoms with Gasteiger partial charge in [0.1, 0.15) is 15.6 Å². The van der Waals surface area contributed by atoms with Crippen LogP contribution in [-0.4, -0.2) is 86.5 Å². The Hall–Kier alpha value is -1.80. The highest BCUT2D eigenvalue weighted by Gasteiger charge is 2.32. The van der Waals surface area contributed by atoms with E-state index in [1.165, 1.54) is 17.4 Å². The summed E-state index contributed by atoms with van der Waals surface area (Å²) >= 11 is 0. The predicted molar refractivity (Wildman–Crippen MR) is 112 cm³/mol. The van der Waals surface area contributed by atoms with Crippen molar-refractivity contribution >= 4 is 15.9 Å². The molecule has 1 aromatic carbocycles. The molecule has 0 aliphatic carbocycles. The van der Waals surface area contributed by atoms with E-state index in [9.17, 15) is 13.2 Å². The number of rotatable bonds is 3. The highest BCUT2D eigenvalue weighted by atomic mass is 32.2. The summed E-state index contributed by atoms with van der Waals surface area (Å²) in [7, 11) is -3.01. The smallest absolute Gasteiger partial charge is 0.320 e. The number of likely N-dealkylation sites (tertiary alicyclic amines) is 1. The maximum Gasteiger partial charge on any atom is 0.320 e. The second-order valence-electron chi connectivity index (χ2n) is 8.46. The van der Waals surface area contributed by atoms with Crippen LogP contribution in [0, 0.1) is 0 Å². The normalized spacial score (nSPS) is 22.3. The number of amides is 2. The first-order valence-electron chi connectivity index (χ1n) is 10.6. The Morgan fingerprint density at radius 2 is 1.72 bits per heavy atom. The van der Waals surface area contributed by atoms with Crippen LogP contribution < -0.4 is 4.74 Å². The first kappa shape index (κ1) is 20.5. The van der Waals surface area contributed by atoms with Crippen LogP contribution in [0.1, 0.15) is 36.9 Å². The van der Waals surface area contributed by atoms with E-state index < -0.39 is 9.84 Å². The summed E-state index contributed by atoms with van der Waals surface area (Å²) in [6, 6.07) is 6.87. The van der Waals surface area contributed by atoms with Gasteiger partial charge in [-0.1, -0.05) is 12.1 Å². The molecule has 0 N–H and O–H groups in total. The van der Waals surface area contributed by atoms with Crippen molar-refractivity contribution in [3.05, 3.63) is 29.3 Å². The van der Waals surface area contributed by atoms with Crippen LogP contribution in [0.25, 0.3) is 0 Å². The lowest BCUT2D eigenvalue weighted by molar-refractivity contribution is 0.0912. The van der Waals surface area contributed by atoms with Crippen molar-refractivity contribution < 1.29 is 17.9 Å². The first-order chi connectivity index (χ1) is 13.8. The Kier molecular flexibility index (Phi) is 5.75. The number of piperazine rings is 1. The topological polar surface area (TPSA) is 70.2 Å². The maximum absolute atomic E-state index is 12.9. The molecule has 1 aromatic rings.